The van der Waals surface area contributed by atoms with Gasteiger partial charge in [0.1, 0.15) is 0 Å². The third kappa shape index (κ3) is 11.2. The van der Waals surface area contributed by atoms with Gasteiger partial charge in [-0.05, 0) is 118 Å². The number of nitrogens with one attached hydrogen (secondary N) is 1. The molecule has 1 N–H and O–H groups in total. The highest BCUT2D eigenvalue weighted by Gasteiger charge is 2.23. The zero-order chi connectivity index (χ0) is 39.0. The molecule has 0 radical (unpaired) electrons. The lowest BCUT2D eigenvalue weighted by atomic mass is 9.81. The van der Waals surface area contributed by atoms with Gasteiger partial charge in [-0.2, -0.15) is 0 Å². The predicted octanol–water partition coefficient (Wildman–Crippen LogP) is 14.2. The molecule has 0 heterocycles. The second kappa shape index (κ2) is 19.8. The second-order valence-corrected chi connectivity index (χ2v) is 14.3. The molecule has 5 rings (SSSR count). The van der Waals surface area contributed by atoms with Crippen LogP contribution in [0.25, 0.3) is 28.5 Å². The molecular formula is C54H55N. The summed E-state index contributed by atoms with van der Waals surface area (Å²) in [4.78, 5) is 0. The van der Waals surface area contributed by atoms with E-state index in [0.29, 0.717) is 6.42 Å². The van der Waals surface area contributed by atoms with Crippen LogP contribution in [0.15, 0.2) is 218 Å². The van der Waals surface area contributed by atoms with Gasteiger partial charge in [0.15, 0.2) is 0 Å². The van der Waals surface area contributed by atoms with Crippen LogP contribution in [0.3, 0.4) is 0 Å². The molecule has 1 unspecified atom stereocenters. The Labute approximate surface area is 330 Å². The normalized spacial score (nSPS) is 14.7. The van der Waals surface area contributed by atoms with Crippen molar-refractivity contribution in [3.05, 3.63) is 246 Å². The molecule has 0 bridgehead atoms. The SMILES string of the molecule is C=C(/C=C\C(=C)C(=C)/C=C\C(=C\c1ccccc1)C(=C)/C=C\C)C/C=C(\C=C/NCC(C)(/C=C\C)c1ccc2ccccc2c1)c1cccc2c1CCC=C2. The van der Waals surface area contributed by atoms with Crippen molar-refractivity contribution in [2.24, 2.45) is 0 Å². The van der Waals surface area contributed by atoms with Crippen molar-refractivity contribution in [1.82, 2.24) is 5.32 Å². The van der Waals surface area contributed by atoms with Crippen LogP contribution in [0.4, 0.5) is 0 Å². The largest absolute Gasteiger partial charge is 0.390 e. The maximum atomic E-state index is 4.40. The van der Waals surface area contributed by atoms with Crippen LogP contribution in [0.2, 0.25) is 0 Å². The highest BCUT2D eigenvalue weighted by molar-refractivity contribution is 5.83. The molecule has 0 saturated heterocycles. The van der Waals surface area contributed by atoms with E-state index in [-0.39, 0.29) is 5.41 Å². The first kappa shape index (κ1) is 40.0. The molecule has 1 nitrogen and oxygen atoms in total. The molecule has 0 fully saturated rings. The standard InChI is InChI=1S/C54H55N/c1-8-18-44(6)49(38-45-19-11-10-12-20-45)32-30-43(5)42(4)29-27-41(3)28-31-48(53-26-17-24-47-22-15-16-25-52(47)53)35-37-55-40-54(7,36-9-2)51-34-33-46-21-13-14-23-50(46)39-51/h8-15,17-24,26-27,29-39,55H,3-6,16,25,28,40H2,1-2,7H3/b18-8-,29-27-,32-30-,36-9-,37-35-,48-31+,49-38-. The minimum Gasteiger partial charge on any atom is -0.390 e. The molecule has 55 heavy (non-hydrogen) atoms. The summed E-state index contributed by atoms with van der Waals surface area (Å²) in [7, 11) is 0. The van der Waals surface area contributed by atoms with Crippen molar-refractivity contribution in [3.63, 3.8) is 0 Å². The van der Waals surface area contributed by atoms with E-state index in [0.717, 1.165) is 52.8 Å². The summed E-state index contributed by atoms with van der Waals surface area (Å²) in [6.07, 6.45) is 32.6. The van der Waals surface area contributed by atoms with Gasteiger partial charge in [-0.1, -0.05) is 197 Å². The first-order chi connectivity index (χ1) is 26.7. The Balaban J connectivity index is 1.31. The topological polar surface area (TPSA) is 12.0 Å². The minimum atomic E-state index is -0.176. The highest BCUT2D eigenvalue weighted by Crippen LogP contribution is 2.31. The van der Waals surface area contributed by atoms with Crippen LogP contribution in [0, 0.1) is 0 Å². The van der Waals surface area contributed by atoms with Gasteiger partial charge < -0.3 is 5.32 Å². The Hall–Kier alpha value is -6.18. The number of hydrogen-bond donors (Lipinski definition) is 1. The Bertz CT molecular complexity index is 2270. The monoisotopic (exact) mass is 717 g/mol. The molecule has 1 aliphatic carbocycles. The Morgan fingerprint density at radius 1 is 0.727 bits per heavy atom. The van der Waals surface area contributed by atoms with Crippen molar-refractivity contribution in [1.29, 1.82) is 0 Å². The Morgan fingerprint density at radius 2 is 1.47 bits per heavy atom. The lowest BCUT2D eigenvalue weighted by Gasteiger charge is -2.27. The average molecular weight is 718 g/mol. The predicted molar refractivity (Wildman–Crippen MR) is 244 cm³/mol. The summed E-state index contributed by atoms with van der Waals surface area (Å²) in [5.41, 5.74) is 12.0. The number of hydrogen-bond acceptors (Lipinski definition) is 1. The summed E-state index contributed by atoms with van der Waals surface area (Å²) in [5.74, 6) is 0. The van der Waals surface area contributed by atoms with Crippen molar-refractivity contribution in [2.45, 2.75) is 45.4 Å². The number of allylic oxidation sites excluding steroid dienone is 16. The van der Waals surface area contributed by atoms with Crippen LogP contribution in [-0.4, -0.2) is 6.54 Å². The van der Waals surface area contributed by atoms with Gasteiger partial charge >= 0.3 is 0 Å². The van der Waals surface area contributed by atoms with Gasteiger partial charge in [-0.25, -0.2) is 0 Å². The molecule has 0 saturated carbocycles. The molecule has 276 valence electrons. The van der Waals surface area contributed by atoms with E-state index >= 15 is 0 Å². The smallest absolute Gasteiger partial charge is 0.0276 e. The van der Waals surface area contributed by atoms with E-state index in [1.54, 1.807) is 0 Å². The number of fused-ring (bicyclic) bond motifs is 2. The van der Waals surface area contributed by atoms with Crippen LogP contribution >= 0.6 is 0 Å². The molecule has 0 amide bonds. The summed E-state index contributed by atoms with van der Waals surface area (Å²) < 4.78 is 0. The maximum Gasteiger partial charge on any atom is 0.0276 e. The van der Waals surface area contributed by atoms with Gasteiger partial charge in [0, 0.05) is 12.0 Å². The fourth-order valence-electron chi connectivity index (χ4n) is 6.81. The van der Waals surface area contributed by atoms with Crippen molar-refractivity contribution >= 4 is 28.5 Å². The van der Waals surface area contributed by atoms with Crippen molar-refractivity contribution in [3.8, 4) is 0 Å². The van der Waals surface area contributed by atoms with E-state index in [1.165, 1.54) is 38.6 Å². The molecule has 4 aromatic carbocycles. The molecule has 0 aliphatic heterocycles. The van der Waals surface area contributed by atoms with Crippen molar-refractivity contribution < 1.29 is 0 Å². The van der Waals surface area contributed by atoms with Gasteiger partial charge in [-0.15, -0.1) is 0 Å². The summed E-state index contributed by atoms with van der Waals surface area (Å²) in [6, 6.07) is 32.2. The molecule has 0 aromatic heterocycles. The lowest BCUT2D eigenvalue weighted by Crippen LogP contribution is -2.31. The average Bonchev–Trinajstić information content (AvgIpc) is 3.21. The zero-order valence-electron chi connectivity index (χ0n) is 32.9. The van der Waals surface area contributed by atoms with E-state index in [1.807, 2.05) is 55.5 Å². The fraction of sp³-hybridized carbons (Fsp3) is 0.148. The lowest BCUT2D eigenvalue weighted by molar-refractivity contribution is 0.564. The van der Waals surface area contributed by atoms with Gasteiger partial charge in [-0.3, -0.25) is 0 Å². The quantitative estimate of drug-likeness (QED) is 0.0847. The number of benzene rings is 4. The van der Waals surface area contributed by atoms with Crippen LogP contribution in [0.5, 0.6) is 0 Å². The van der Waals surface area contributed by atoms with E-state index in [9.17, 15) is 0 Å². The van der Waals surface area contributed by atoms with Gasteiger partial charge in [0.2, 0.25) is 0 Å². The van der Waals surface area contributed by atoms with Crippen LogP contribution in [-0.2, 0) is 11.8 Å². The Morgan fingerprint density at radius 3 is 2.24 bits per heavy atom. The summed E-state index contributed by atoms with van der Waals surface area (Å²) in [6.45, 7) is 24.4. The van der Waals surface area contributed by atoms with Crippen molar-refractivity contribution in [2.75, 3.05) is 6.54 Å². The number of rotatable bonds is 17. The first-order valence-corrected chi connectivity index (χ1v) is 19.2. The Kier molecular flexibility index (Phi) is 14.4. The fourth-order valence-corrected chi connectivity index (χ4v) is 6.81. The highest BCUT2D eigenvalue weighted by atomic mass is 14.8. The first-order valence-electron chi connectivity index (χ1n) is 19.2. The van der Waals surface area contributed by atoms with Gasteiger partial charge in [0.05, 0.1) is 0 Å². The summed E-state index contributed by atoms with van der Waals surface area (Å²) in [5, 5.41) is 6.18. The molecule has 1 aliphatic rings. The minimum absolute atomic E-state index is 0.176. The van der Waals surface area contributed by atoms with Crippen LogP contribution < -0.4 is 5.32 Å². The molecule has 4 aromatic rings. The third-order valence-corrected chi connectivity index (χ3v) is 10.0. The third-order valence-electron chi connectivity index (χ3n) is 10.0. The maximum absolute atomic E-state index is 4.40. The molecular weight excluding hydrogens is 663 g/mol. The van der Waals surface area contributed by atoms with E-state index in [2.05, 4.69) is 173 Å². The van der Waals surface area contributed by atoms with E-state index in [4.69, 9.17) is 0 Å². The molecule has 0 spiro atoms. The molecule has 1 atom stereocenters. The zero-order valence-corrected chi connectivity index (χ0v) is 32.9. The summed E-state index contributed by atoms with van der Waals surface area (Å²) >= 11 is 0. The van der Waals surface area contributed by atoms with E-state index < -0.39 is 0 Å². The molecule has 1 heteroatoms. The van der Waals surface area contributed by atoms with Gasteiger partial charge in [0.25, 0.3) is 0 Å². The second-order valence-electron chi connectivity index (χ2n) is 14.3. The van der Waals surface area contributed by atoms with Crippen LogP contribution in [0.1, 0.15) is 61.4 Å².